The van der Waals surface area contributed by atoms with E-state index in [2.05, 4.69) is 13.0 Å². The number of phenolic OH excluding ortho intramolecular Hbond substituents is 1. The van der Waals surface area contributed by atoms with Gasteiger partial charge in [-0.05, 0) is 73.1 Å². The molecule has 3 nitrogen and oxygen atoms in total. The molecular weight excluding hydrogens is 288 g/mol. The van der Waals surface area contributed by atoms with Gasteiger partial charge in [0.2, 0.25) is 0 Å². The first-order chi connectivity index (χ1) is 11.1. The van der Waals surface area contributed by atoms with E-state index in [0.717, 1.165) is 32.0 Å². The van der Waals surface area contributed by atoms with Crippen molar-refractivity contribution in [3.05, 3.63) is 29.3 Å². The lowest BCUT2D eigenvalue weighted by molar-refractivity contribution is -0.237. The summed E-state index contributed by atoms with van der Waals surface area (Å²) in [7, 11) is 0. The molecule has 2 saturated carbocycles. The van der Waals surface area contributed by atoms with Crippen molar-refractivity contribution in [2.45, 2.75) is 57.2 Å². The first-order valence-corrected chi connectivity index (χ1v) is 9.23. The van der Waals surface area contributed by atoms with Gasteiger partial charge in [-0.3, -0.25) is 0 Å². The topological polar surface area (TPSA) is 38.7 Å². The Morgan fingerprint density at radius 3 is 2.74 bits per heavy atom. The highest BCUT2D eigenvalue weighted by Crippen LogP contribution is 2.66. The summed E-state index contributed by atoms with van der Waals surface area (Å²) in [5.41, 5.74) is 3.05. The average molecular weight is 314 g/mol. The molecule has 0 unspecified atom stereocenters. The van der Waals surface area contributed by atoms with Gasteiger partial charge in [-0.2, -0.15) is 0 Å². The molecule has 4 atom stereocenters. The summed E-state index contributed by atoms with van der Waals surface area (Å²) in [6.45, 7) is 3.95. The van der Waals surface area contributed by atoms with E-state index in [1.54, 1.807) is 0 Å². The molecule has 23 heavy (non-hydrogen) atoms. The van der Waals surface area contributed by atoms with Crippen molar-refractivity contribution in [3.8, 4) is 5.75 Å². The van der Waals surface area contributed by atoms with E-state index in [-0.39, 0.29) is 11.2 Å². The molecule has 0 amide bonds. The fraction of sp³-hybridized carbons (Fsp3) is 0.700. The summed E-state index contributed by atoms with van der Waals surface area (Å²) in [6.07, 6.45) is 7.08. The fourth-order valence-electron chi connectivity index (χ4n) is 6.45. The van der Waals surface area contributed by atoms with E-state index in [1.807, 2.05) is 12.1 Å². The fourth-order valence-corrected chi connectivity index (χ4v) is 6.45. The molecule has 0 bridgehead atoms. The first-order valence-electron chi connectivity index (χ1n) is 9.23. The second-order valence-electron chi connectivity index (χ2n) is 8.24. The van der Waals surface area contributed by atoms with Gasteiger partial charge in [0, 0.05) is 11.8 Å². The Hall–Kier alpha value is -1.06. The zero-order valence-corrected chi connectivity index (χ0v) is 13.9. The molecule has 4 aliphatic rings. The molecule has 0 aromatic heterocycles. The van der Waals surface area contributed by atoms with Crippen molar-refractivity contribution in [3.63, 3.8) is 0 Å². The highest BCUT2D eigenvalue weighted by atomic mass is 16.7. The van der Waals surface area contributed by atoms with E-state index in [9.17, 15) is 5.11 Å². The van der Waals surface area contributed by atoms with Crippen LogP contribution in [0.25, 0.3) is 0 Å². The van der Waals surface area contributed by atoms with Crippen LogP contribution < -0.4 is 0 Å². The van der Waals surface area contributed by atoms with Crippen LogP contribution in [-0.4, -0.2) is 24.1 Å². The number of hydrogen-bond donors (Lipinski definition) is 1. The predicted octanol–water partition coefficient (Wildman–Crippen LogP) is 3.99. The number of aromatic hydroxyl groups is 1. The number of aryl methyl sites for hydroxylation is 1. The van der Waals surface area contributed by atoms with Gasteiger partial charge in [-0.25, -0.2) is 0 Å². The lowest BCUT2D eigenvalue weighted by Gasteiger charge is -2.52. The minimum absolute atomic E-state index is 0.180. The zero-order valence-electron chi connectivity index (χ0n) is 13.9. The van der Waals surface area contributed by atoms with Crippen LogP contribution >= 0.6 is 0 Å². The van der Waals surface area contributed by atoms with Gasteiger partial charge in [0.1, 0.15) is 5.75 Å². The van der Waals surface area contributed by atoms with Gasteiger partial charge >= 0.3 is 0 Å². The largest absolute Gasteiger partial charge is 0.508 e. The maximum atomic E-state index is 9.78. The normalized spacial score (nSPS) is 40.7. The van der Waals surface area contributed by atoms with Crippen molar-refractivity contribution in [1.29, 1.82) is 0 Å². The Morgan fingerprint density at radius 2 is 1.91 bits per heavy atom. The number of benzene rings is 1. The number of hydrogen-bond acceptors (Lipinski definition) is 3. The molecule has 1 N–H and O–H groups in total. The molecule has 1 spiro atoms. The van der Waals surface area contributed by atoms with E-state index in [1.165, 1.54) is 36.8 Å². The third-order valence-electron chi connectivity index (χ3n) is 7.51. The van der Waals surface area contributed by atoms with Crippen molar-refractivity contribution >= 4 is 0 Å². The predicted molar refractivity (Wildman–Crippen MR) is 87.4 cm³/mol. The molecule has 5 rings (SSSR count). The third-order valence-corrected chi connectivity index (χ3v) is 7.51. The molecule has 1 aromatic carbocycles. The van der Waals surface area contributed by atoms with Gasteiger partial charge in [0.15, 0.2) is 5.79 Å². The highest BCUT2D eigenvalue weighted by Gasteiger charge is 2.64. The van der Waals surface area contributed by atoms with E-state index >= 15 is 0 Å². The maximum Gasteiger partial charge on any atom is 0.174 e. The Bertz CT molecular complexity index is 634. The van der Waals surface area contributed by atoms with Crippen LogP contribution in [0.2, 0.25) is 0 Å². The molecule has 1 aliphatic heterocycles. The lowest BCUT2D eigenvalue weighted by atomic mass is 9.55. The third kappa shape index (κ3) is 1.78. The quantitative estimate of drug-likeness (QED) is 0.787. The van der Waals surface area contributed by atoms with Crippen molar-refractivity contribution in [2.24, 2.45) is 17.3 Å². The van der Waals surface area contributed by atoms with Crippen LogP contribution in [0.1, 0.15) is 56.1 Å². The van der Waals surface area contributed by atoms with Gasteiger partial charge in [0.05, 0.1) is 13.2 Å². The van der Waals surface area contributed by atoms with E-state index in [4.69, 9.17) is 9.47 Å². The molecule has 124 valence electrons. The summed E-state index contributed by atoms with van der Waals surface area (Å²) < 4.78 is 12.4. The Kier molecular flexibility index (Phi) is 2.94. The number of rotatable bonds is 0. The van der Waals surface area contributed by atoms with Crippen LogP contribution in [-0.2, 0) is 15.9 Å². The molecule has 0 radical (unpaired) electrons. The molecule has 3 heteroatoms. The van der Waals surface area contributed by atoms with E-state index in [0.29, 0.717) is 17.6 Å². The molecular formula is C20H26O3. The molecule has 1 saturated heterocycles. The van der Waals surface area contributed by atoms with Gasteiger partial charge in [-0.15, -0.1) is 0 Å². The molecule has 1 heterocycles. The maximum absolute atomic E-state index is 9.78. The number of phenols is 1. The van der Waals surface area contributed by atoms with Crippen LogP contribution in [0.4, 0.5) is 0 Å². The van der Waals surface area contributed by atoms with Crippen molar-refractivity contribution in [1.82, 2.24) is 0 Å². The van der Waals surface area contributed by atoms with Gasteiger partial charge in [-0.1, -0.05) is 13.0 Å². The van der Waals surface area contributed by atoms with Crippen LogP contribution in [0, 0.1) is 17.3 Å². The van der Waals surface area contributed by atoms with Crippen molar-refractivity contribution < 1.29 is 14.6 Å². The lowest BCUT2D eigenvalue weighted by Crippen LogP contribution is -2.51. The summed E-state index contributed by atoms with van der Waals surface area (Å²) in [5.74, 6) is 2.24. The van der Waals surface area contributed by atoms with Crippen LogP contribution in [0.3, 0.4) is 0 Å². The average Bonchev–Trinajstić information content (AvgIpc) is 3.14. The SMILES string of the molecule is C[C@]12CC[C@H]3c4ccc(O)cc4CC[C@@H]3[C@@H]1CCC21OCCO1. The molecule has 1 aromatic rings. The van der Waals surface area contributed by atoms with Crippen LogP contribution in [0.15, 0.2) is 18.2 Å². The minimum Gasteiger partial charge on any atom is -0.508 e. The Balaban J connectivity index is 1.51. The smallest absolute Gasteiger partial charge is 0.174 e. The first kappa shape index (κ1) is 14.3. The monoisotopic (exact) mass is 314 g/mol. The molecule has 3 fully saturated rings. The highest BCUT2D eigenvalue weighted by molar-refractivity contribution is 5.40. The van der Waals surface area contributed by atoms with Crippen molar-refractivity contribution in [2.75, 3.05) is 13.2 Å². The van der Waals surface area contributed by atoms with Gasteiger partial charge < -0.3 is 14.6 Å². The Morgan fingerprint density at radius 1 is 1.09 bits per heavy atom. The summed E-state index contributed by atoms with van der Waals surface area (Å²) in [4.78, 5) is 0. The van der Waals surface area contributed by atoms with E-state index < -0.39 is 0 Å². The Labute approximate surface area is 138 Å². The summed E-state index contributed by atoms with van der Waals surface area (Å²) >= 11 is 0. The summed E-state index contributed by atoms with van der Waals surface area (Å²) in [6, 6.07) is 6.03. The second-order valence-corrected chi connectivity index (χ2v) is 8.24. The number of fused-ring (bicyclic) bond motifs is 6. The summed E-state index contributed by atoms with van der Waals surface area (Å²) in [5, 5.41) is 9.78. The minimum atomic E-state index is -0.294. The zero-order chi connectivity index (χ0) is 15.7. The van der Waals surface area contributed by atoms with Crippen LogP contribution in [0.5, 0.6) is 5.75 Å². The number of ether oxygens (including phenoxy) is 2. The van der Waals surface area contributed by atoms with Gasteiger partial charge in [0.25, 0.3) is 0 Å². The second kappa shape index (κ2) is 4.73. The standard InChI is InChI=1S/C20H26O3/c1-19-8-6-16-15-5-3-14(21)12-13(15)2-4-17(16)18(19)7-9-20(19)22-10-11-23-20/h3,5,12,16-18,21H,2,4,6-11H2,1H3/t16-,17-,18-,19-/m0/s1. The molecule has 3 aliphatic carbocycles.